The predicted molar refractivity (Wildman–Crippen MR) is 166 cm³/mol. The van der Waals surface area contributed by atoms with Crippen LogP contribution in [0, 0.1) is 11.6 Å². The molecule has 0 aliphatic rings. The van der Waals surface area contributed by atoms with E-state index in [4.69, 9.17) is 27.9 Å². The summed E-state index contributed by atoms with van der Waals surface area (Å²) in [6, 6.07) is 18.4. The normalized spacial score (nSPS) is 10.9. The standard InChI is InChI=1S/C17H12ClFN2O3.C15H10ClFN2O2/c1-10(22)24-9-12-13(18)5-3-7-15(12)21-17(23)16-11(8-20-21)4-2-6-14(16)19;16-11-4-2-6-13(10(11)8-20)19-15(21)14-9(7-18-19)3-1-5-12(14)17/h2-8H,9H2,1H3;1-7,20H,8H2. The van der Waals surface area contributed by atoms with Gasteiger partial charge < -0.3 is 9.84 Å². The smallest absolute Gasteiger partial charge is 0.302 e. The molecule has 0 radical (unpaired) electrons. The highest BCUT2D eigenvalue weighted by molar-refractivity contribution is 6.32. The van der Waals surface area contributed by atoms with Crippen molar-refractivity contribution in [2.24, 2.45) is 0 Å². The highest BCUT2D eigenvalue weighted by Crippen LogP contribution is 2.25. The van der Waals surface area contributed by atoms with Gasteiger partial charge in [0.05, 0.1) is 41.1 Å². The summed E-state index contributed by atoms with van der Waals surface area (Å²) >= 11 is 12.2. The van der Waals surface area contributed by atoms with Crippen LogP contribution in [0.1, 0.15) is 18.1 Å². The molecular weight excluding hydrogens is 629 g/mol. The first-order valence-corrected chi connectivity index (χ1v) is 14.0. The summed E-state index contributed by atoms with van der Waals surface area (Å²) in [6.45, 7) is 0.804. The Hall–Kier alpha value is -4.97. The first kappa shape index (κ1) is 31.5. The zero-order valence-electron chi connectivity index (χ0n) is 23.4. The van der Waals surface area contributed by atoms with Gasteiger partial charge in [-0.25, -0.2) is 8.78 Å². The van der Waals surface area contributed by atoms with E-state index in [9.17, 15) is 28.3 Å². The first-order chi connectivity index (χ1) is 21.6. The Morgan fingerprint density at radius 2 is 1.20 bits per heavy atom. The second-order valence-electron chi connectivity index (χ2n) is 9.54. The maximum absolute atomic E-state index is 14.0. The zero-order chi connectivity index (χ0) is 32.2. The van der Waals surface area contributed by atoms with Crippen LogP contribution in [0.2, 0.25) is 10.0 Å². The lowest BCUT2D eigenvalue weighted by atomic mass is 10.1. The molecule has 4 aromatic carbocycles. The molecule has 0 saturated heterocycles. The largest absolute Gasteiger partial charge is 0.461 e. The van der Waals surface area contributed by atoms with E-state index in [1.807, 2.05) is 0 Å². The number of fused-ring (bicyclic) bond motifs is 2. The van der Waals surface area contributed by atoms with Crippen LogP contribution >= 0.6 is 23.2 Å². The van der Waals surface area contributed by atoms with Crippen molar-refractivity contribution >= 4 is 50.7 Å². The number of aliphatic hydroxyl groups is 1. The van der Waals surface area contributed by atoms with E-state index in [0.717, 1.165) is 9.36 Å². The number of benzene rings is 4. The number of carbonyl (C=O) groups is 1. The third-order valence-corrected chi connectivity index (χ3v) is 7.46. The van der Waals surface area contributed by atoms with Gasteiger partial charge in [-0.3, -0.25) is 14.4 Å². The van der Waals surface area contributed by atoms with Crippen molar-refractivity contribution in [3.05, 3.63) is 139 Å². The van der Waals surface area contributed by atoms with E-state index in [1.165, 1.54) is 43.6 Å². The Bertz CT molecular complexity index is 2200. The van der Waals surface area contributed by atoms with Gasteiger partial charge in [-0.2, -0.15) is 19.6 Å². The van der Waals surface area contributed by atoms with Crippen molar-refractivity contribution in [2.45, 2.75) is 20.1 Å². The number of aliphatic hydroxyl groups excluding tert-OH is 1. The Morgan fingerprint density at radius 1 is 0.756 bits per heavy atom. The van der Waals surface area contributed by atoms with Crippen LogP contribution in [-0.2, 0) is 22.7 Å². The molecule has 0 bridgehead atoms. The molecule has 0 atom stereocenters. The third-order valence-electron chi connectivity index (χ3n) is 6.75. The van der Waals surface area contributed by atoms with E-state index in [2.05, 4.69) is 10.2 Å². The number of hydrogen-bond acceptors (Lipinski definition) is 7. The van der Waals surface area contributed by atoms with Crippen LogP contribution in [-0.4, -0.2) is 30.6 Å². The molecule has 9 nitrogen and oxygen atoms in total. The molecule has 0 fully saturated rings. The quantitative estimate of drug-likeness (QED) is 0.231. The van der Waals surface area contributed by atoms with Gasteiger partial charge in [-0.1, -0.05) is 59.6 Å². The zero-order valence-corrected chi connectivity index (χ0v) is 24.9. The summed E-state index contributed by atoms with van der Waals surface area (Å²) in [5.74, 6) is -1.72. The number of carbonyl (C=O) groups excluding carboxylic acids is 1. The van der Waals surface area contributed by atoms with Gasteiger partial charge in [-0.05, 0) is 36.4 Å². The molecule has 0 amide bonds. The Morgan fingerprint density at radius 3 is 1.67 bits per heavy atom. The lowest BCUT2D eigenvalue weighted by Gasteiger charge is -2.13. The summed E-state index contributed by atoms with van der Waals surface area (Å²) in [6.07, 6.45) is 2.80. The number of hydrogen-bond donors (Lipinski definition) is 1. The van der Waals surface area contributed by atoms with Crippen LogP contribution in [0.15, 0.2) is 94.8 Å². The summed E-state index contributed by atoms with van der Waals surface area (Å²) in [5.41, 5.74) is 0.239. The third kappa shape index (κ3) is 6.32. The molecule has 2 aromatic heterocycles. The van der Waals surface area contributed by atoms with Crippen molar-refractivity contribution in [3.8, 4) is 11.4 Å². The number of nitrogens with zero attached hydrogens (tertiary/aromatic N) is 4. The fraction of sp³-hybridized carbons (Fsp3) is 0.0938. The lowest BCUT2D eigenvalue weighted by molar-refractivity contribution is -0.142. The van der Waals surface area contributed by atoms with Gasteiger partial charge in [0.2, 0.25) is 0 Å². The van der Waals surface area contributed by atoms with Crippen LogP contribution in [0.25, 0.3) is 32.9 Å². The molecule has 228 valence electrons. The second-order valence-corrected chi connectivity index (χ2v) is 10.4. The minimum absolute atomic E-state index is 0.0450. The van der Waals surface area contributed by atoms with Crippen LogP contribution in [0.3, 0.4) is 0 Å². The average Bonchev–Trinajstić information content (AvgIpc) is 3.01. The molecule has 0 aliphatic carbocycles. The van der Waals surface area contributed by atoms with Crippen molar-refractivity contribution in [1.82, 2.24) is 19.6 Å². The van der Waals surface area contributed by atoms with E-state index < -0.39 is 28.7 Å². The lowest BCUT2D eigenvalue weighted by Crippen LogP contribution is -2.23. The maximum atomic E-state index is 14.0. The number of aromatic nitrogens is 4. The Labute approximate surface area is 263 Å². The Balaban J connectivity index is 0.000000179. The maximum Gasteiger partial charge on any atom is 0.302 e. The van der Waals surface area contributed by atoms with E-state index >= 15 is 0 Å². The van der Waals surface area contributed by atoms with Gasteiger partial charge in [0, 0.05) is 38.9 Å². The Kier molecular flexibility index (Phi) is 9.33. The van der Waals surface area contributed by atoms with Crippen LogP contribution in [0.4, 0.5) is 8.78 Å². The highest BCUT2D eigenvalue weighted by atomic mass is 35.5. The van der Waals surface area contributed by atoms with Crippen molar-refractivity contribution in [2.75, 3.05) is 0 Å². The highest BCUT2D eigenvalue weighted by Gasteiger charge is 2.16. The van der Waals surface area contributed by atoms with Crippen molar-refractivity contribution in [3.63, 3.8) is 0 Å². The molecule has 13 heteroatoms. The minimum atomic E-state index is -0.628. The summed E-state index contributed by atoms with van der Waals surface area (Å²) in [4.78, 5) is 36.2. The molecule has 0 aliphatic heterocycles. The molecular formula is C32H22Cl2F2N4O5. The summed E-state index contributed by atoms with van der Waals surface area (Å²) < 4.78 is 35.0. The van der Waals surface area contributed by atoms with Crippen molar-refractivity contribution in [1.29, 1.82) is 0 Å². The molecule has 0 saturated carbocycles. The number of ether oxygens (including phenoxy) is 1. The van der Waals surface area contributed by atoms with E-state index in [-0.39, 0.29) is 24.0 Å². The minimum Gasteiger partial charge on any atom is -0.461 e. The summed E-state index contributed by atoms with van der Waals surface area (Å²) in [5, 5.41) is 18.9. The van der Waals surface area contributed by atoms with Crippen molar-refractivity contribution < 1.29 is 23.4 Å². The van der Waals surface area contributed by atoms with Gasteiger partial charge in [0.1, 0.15) is 18.2 Å². The average molecular weight is 651 g/mol. The van der Waals surface area contributed by atoms with E-state index in [0.29, 0.717) is 43.3 Å². The summed E-state index contributed by atoms with van der Waals surface area (Å²) in [7, 11) is 0. The fourth-order valence-corrected chi connectivity index (χ4v) is 5.07. The van der Waals surface area contributed by atoms with Crippen LogP contribution in [0.5, 0.6) is 0 Å². The second kappa shape index (κ2) is 13.3. The number of halogens is 4. The number of rotatable bonds is 5. The molecule has 2 heterocycles. The van der Waals surface area contributed by atoms with Gasteiger partial charge in [0.25, 0.3) is 11.1 Å². The number of esters is 1. The monoisotopic (exact) mass is 650 g/mol. The van der Waals surface area contributed by atoms with Gasteiger partial charge >= 0.3 is 5.97 Å². The SMILES string of the molecule is CC(=O)OCc1c(Cl)cccc1-n1ncc2cccc(F)c2c1=O.O=c1c2c(F)cccc2cnn1-c1cccc(Cl)c1CO. The molecule has 6 aromatic rings. The molecule has 1 N–H and O–H groups in total. The topological polar surface area (TPSA) is 116 Å². The van der Waals surface area contributed by atoms with Crippen LogP contribution < -0.4 is 11.1 Å². The molecule has 45 heavy (non-hydrogen) atoms. The molecule has 0 spiro atoms. The molecule has 0 unspecified atom stereocenters. The predicted octanol–water partition coefficient (Wildman–Crippen LogP) is 5.91. The first-order valence-electron chi connectivity index (χ1n) is 13.2. The van der Waals surface area contributed by atoms with Gasteiger partial charge in [-0.15, -0.1) is 0 Å². The molecule has 6 rings (SSSR count). The fourth-order valence-electron chi connectivity index (χ4n) is 4.61. The van der Waals surface area contributed by atoms with E-state index in [1.54, 1.807) is 48.5 Å². The van der Waals surface area contributed by atoms with Gasteiger partial charge in [0.15, 0.2) is 0 Å².